The molecule has 2 rings (SSSR count). The molecule has 0 spiro atoms. The lowest BCUT2D eigenvalue weighted by Crippen LogP contribution is -2.00. The number of halogens is 1. The summed E-state index contributed by atoms with van der Waals surface area (Å²) in [5.74, 6) is 0.0966. The molecule has 0 unspecified atom stereocenters. The highest BCUT2D eigenvalue weighted by atomic mass is 35.5. The summed E-state index contributed by atoms with van der Waals surface area (Å²) in [5.41, 5.74) is 2.39. The van der Waals surface area contributed by atoms with Crippen LogP contribution in [0.3, 0.4) is 0 Å². The van der Waals surface area contributed by atoms with Gasteiger partial charge in [-0.15, -0.1) is 0 Å². The van der Waals surface area contributed by atoms with E-state index in [1.807, 2.05) is 25.1 Å². The second-order valence-corrected chi connectivity index (χ2v) is 4.08. The Morgan fingerprint density at radius 1 is 1.24 bits per heavy atom. The fourth-order valence-electron chi connectivity index (χ4n) is 1.76. The lowest BCUT2D eigenvalue weighted by Gasteiger charge is -2.09. The Hall–Kier alpha value is -1.67. The fraction of sp³-hybridized carbons (Fsp3) is 0.143. The molecule has 2 aromatic rings. The van der Waals surface area contributed by atoms with Crippen LogP contribution in [0, 0.1) is 0 Å². The van der Waals surface area contributed by atoms with Gasteiger partial charge in [-0.3, -0.25) is 9.78 Å². The number of nitrogens with zero attached hydrogens (tertiary/aromatic N) is 1. The molecule has 0 saturated carbocycles. The maximum absolute atomic E-state index is 11.9. The van der Waals surface area contributed by atoms with E-state index in [4.69, 9.17) is 11.6 Å². The van der Waals surface area contributed by atoms with Crippen LogP contribution >= 0.6 is 11.6 Å². The highest BCUT2D eigenvalue weighted by molar-refractivity contribution is 6.34. The number of hydrogen-bond donors (Lipinski definition) is 0. The fourth-order valence-corrected chi connectivity index (χ4v) is 2.04. The largest absolute Gasteiger partial charge is 0.294 e. The number of benzene rings is 1. The molecule has 0 N–H and O–H groups in total. The van der Waals surface area contributed by atoms with Crippen molar-refractivity contribution < 1.29 is 4.79 Å². The minimum atomic E-state index is 0.0966. The number of hydrogen-bond acceptors (Lipinski definition) is 2. The van der Waals surface area contributed by atoms with Crippen LogP contribution in [0.25, 0.3) is 11.1 Å². The Morgan fingerprint density at radius 3 is 2.59 bits per heavy atom. The second kappa shape index (κ2) is 5.11. The van der Waals surface area contributed by atoms with E-state index in [1.165, 1.54) is 0 Å². The van der Waals surface area contributed by atoms with Crippen molar-refractivity contribution in [3.8, 4) is 11.1 Å². The van der Waals surface area contributed by atoms with Gasteiger partial charge in [0.25, 0.3) is 0 Å². The number of carbonyl (C=O) groups excluding carboxylic acids is 1. The van der Waals surface area contributed by atoms with Crippen molar-refractivity contribution in [1.82, 2.24) is 4.98 Å². The molecule has 2 nitrogen and oxygen atoms in total. The summed E-state index contributed by atoms with van der Waals surface area (Å²) in [6.45, 7) is 1.85. The third-order valence-corrected chi connectivity index (χ3v) is 2.92. The van der Waals surface area contributed by atoms with Crippen LogP contribution in [0.4, 0.5) is 0 Å². The number of ketones is 1. The van der Waals surface area contributed by atoms with E-state index in [9.17, 15) is 4.79 Å². The third kappa shape index (κ3) is 2.37. The minimum Gasteiger partial charge on any atom is -0.294 e. The predicted molar refractivity (Wildman–Crippen MR) is 69.3 cm³/mol. The van der Waals surface area contributed by atoms with Crippen molar-refractivity contribution in [3.63, 3.8) is 0 Å². The van der Waals surface area contributed by atoms with Gasteiger partial charge in [0.05, 0.1) is 0 Å². The zero-order valence-electron chi connectivity index (χ0n) is 9.48. The highest BCUT2D eigenvalue weighted by Gasteiger charge is 2.13. The van der Waals surface area contributed by atoms with Gasteiger partial charge >= 0.3 is 0 Å². The van der Waals surface area contributed by atoms with E-state index in [1.54, 1.807) is 24.5 Å². The van der Waals surface area contributed by atoms with E-state index >= 15 is 0 Å². The number of aromatic nitrogens is 1. The van der Waals surface area contributed by atoms with Crippen LogP contribution in [0.15, 0.2) is 42.7 Å². The van der Waals surface area contributed by atoms with E-state index in [2.05, 4.69) is 4.98 Å². The van der Waals surface area contributed by atoms with Gasteiger partial charge in [-0.2, -0.15) is 0 Å². The summed E-state index contributed by atoms with van der Waals surface area (Å²) in [4.78, 5) is 15.9. The molecule has 1 aromatic carbocycles. The monoisotopic (exact) mass is 245 g/mol. The molecule has 0 atom stereocenters. The zero-order chi connectivity index (χ0) is 12.3. The molecule has 0 aliphatic heterocycles. The Balaban J connectivity index is 2.64. The quantitative estimate of drug-likeness (QED) is 0.766. The third-order valence-electron chi connectivity index (χ3n) is 2.60. The first kappa shape index (κ1) is 11.8. The van der Waals surface area contributed by atoms with Gasteiger partial charge in [-0.25, -0.2) is 0 Å². The van der Waals surface area contributed by atoms with Crippen molar-refractivity contribution in [2.24, 2.45) is 0 Å². The first-order chi connectivity index (χ1) is 8.24. The van der Waals surface area contributed by atoms with E-state index < -0.39 is 0 Å². The van der Waals surface area contributed by atoms with E-state index in [0.717, 1.165) is 11.1 Å². The summed E-state index contributed by atoms with van der Waals surface area (Å²) >= 11 is 6.19. The summed E-state index contributed by atoms with van der Waals surface area (Å²) in [5, 5.41) is 0.593. The molecular weight excluding hydrogens is 234 g/mol. The Morgan fingerprint density at radius 2 is 1.94 bits per heavy atom. The average molecular weight is 246 g/mol. The van der Waals surface area contributed by atoms with E-state index in [0.29, 0.717) is 17.0 Å². The van der Waals surface area contributed by atoms with Gasteiger partial charge in [0.15, 0.2) is 5.78 Å². The highest BCUT2D eigenvalue weighted by Crippen LogP contribution is 2.31. The maximum Gasteiger partial charge on any atom is 0.163 e. The molecule has 1 heterocycles. The Labute approximate surface area is 105 Å². The average Bonchev–Trinajstić information content (AvgIpc) is 2.38. The summed E-state index contributed by atoms with van der Waals surface area (Å²) in [7, 11) is 0. The number of carbonyl (C=O) groups is 1. The molecule has 0 saturated heterocycles. The molecule has 0 bridgehead atoms. The van der Waals surface area contributed by atoms with Crippen LogP contribution in [0.1, 0.15) is 23.7 Å². The molecule has 0 radical (unpaired) electrons. The molecule has 3 heteroatoms. The van der Waals surface area contributed by atoms with Crippen molar-refractivity contribution in [2.45, 2.75) is 13.3 Å². The lowest BCUT2D eigenvalue weighted by atomic mass is 9.97. The lowest BCUT2D eigenvalue weighted by molar-refractivity contribution is 0.0989. The van der Waals surface area contributed by atoms with Gasteiger partial charge in [0, 0.05) is 35.0 Å². The smallest absolute Gasteiger partial charge is 0.163 e. The van der Waals surface area contributed by atoms with Crippen molar-refractivity contribution in [2.75, 3.05) is 0 Å². The molecular formula is C14H12ClNO. The van der Waals surface area contributed by atoms with Crippen molar-refractivity contribution in [3.05, 3.63) is 53.3 Å². The van der Waals surface area contributed by atoms with Gasteiger partial charge < -0.3 is 0 Å². The number of Topliss-reactive ketones (excluding diaryl/α,β-unsaturated/α-hetero) is 1. The summed E-state index contributed by atoms with van der Waals surface area (Å²) < 4.78 is 0. The van der Waals surface area contributed by atoms with Crippen LogP contribution in [0.2, 0.25) is 5.02 Å². The van der Waals surface area contributed by atoms with Gasteiger partial charge in [0.1, 0.15) is 0 Å². The molecule has 0 amide bonds. The van der Waals surface area contributed by atoms with Crippen molar-refractivity contribution >= 4 is 17.4 Å². The molecule has 86 valence electrons. The Kier molecular flexibility index (Phi) is 3.55. The molecule has 17 heavy (non-hydrogen) atoms. The first-order valence-electron chi connectivity index (χ1n) is 5.46. The standard InChI is InChI=1S/C14H12ClNO/c1-2-13(17)11-4-3-5-12(15)14(11)10-6-8-16-9-7-10/h3-9H,2H2,1H3. The van der Waals surface area contributed by atoms with Crippen LogP contribution in [0.5, 0.6) is 0 Å². The Bertz CT molecular complexity index is 537. The van der Waals surface area contributed by atoms with Gasteiger partial charge in [-0.05, 0) is 23.8 Å². The number of pyridine rings is 1. The number of rotatable bonds is 3. The molecule has 0 aliphatic rings. The minimum absolute atomic E-state index is 0.0966. The SMILES string of the molecule is CCC(=O)c1cccc(Cl)c1-c1ccncc1. The zero-order valence-corrected chi connectivity index (χ0v) is 10.2. The summed E-state index contributed by atoms with van der Waals surface area (Å²) in [6.07, 6.45) is 3.86. The molecule has 0 aliphatic carbocycles. The molecule has 1 aromatic heterocycles. The first-order valence-corrected chi connectivity index (χ1v) is 5.84. The van der Waals surface area contributed by atoms with Gasteiger partial charge in [0.2, 0.25) is 0 Å². The normalized spacial score (nSPS) is 10.2. The maximum atomic E-state index is 11.9. The van der Waals surface area contributed by atoms with Crippen molar-refractivity contribution in [1.29, 1.82) is 0 Å². The van der Waals surface area contributed by atoms with Crippen LogP contribution in [-0.4, -0.2) is 10.8 Å². The summed E-state index contributed by atoms with van der Waals surface area (Å²) in [6, 6.07) is 9.12. The van der Waals surface area contributed by atoms with Gasteiger partial charge in [-0.1, -0.05) is 30.7 Å². The second-order valence-electron chi connectivity index (χ2n) is 3.68. The predicted octanol–water partition coefficient (Wildman–Crippen LogP) is 3.99. The van der Waals surface area contributed by atoms with Crippen LogP contribution < -0.4 is 0 Å². The van der Waals surface area contributed by atoms with E-state index in [-0.39, 0.29) is 5.78 Å². The molecule has 0 fully saturated rings. The topological polar surface area (TPSA) is 30.0 Å². The van der Waals surface area contributed by atoms with Crippen LogP contribution in [-0.2, 0) is 0 Å².